The van der Waals surface area contributed by atoms with Gasteiger partial charge in [0.05, 0.1) is 6.04 Å². The van der Waals surface area contributed by atoms with Gasteiger partial charge in [-0.15, -0.1) is 0 Å². The molecule has 104 valence electrons. The van der Waals surface area contributed by atoms with Crippen LogP contribution in [-0.4, -0.2) is 16.0 Å². The Bertz CT molecular complexity index is 644. The fourth-order valence-corrected chi connectivity index (χ4v) is 1.80. The van der Waals surface area contributed by atoms with E-state index in [4.69, 9.17) is 0 Å². The molecule has 2 aromatic rings. The average molecular weight is 274 g/mol. The normalized spacial score (nSPS) is 11.9. The Kier molecular flexibility index (Phi) is 3.98. The molecule has 1 aromatic heterocycles. The lowest BCUT2D eigenvalue weighted by Crippen LogP contribution is -2.27. The van der Waals surface area contributed by atoms with Crippen LogP contribution in [0.25, 0.3) is 0 Å². The summed E-state index contributed by atoms with van der Waals surface area (Å²) in [6.07, 6.45) is 1.42. The molecular weight excluding hydrogens is 259 g/mol. The summed E-state index contributed by atoms with van der Waals surface area (Å²) in [6.45, 7) is 3.41. The van der Waals surface area contributed by atoms with E-state index >= 15 is 0 Å². The first-order chi connectivity index (χ1) is 9.49. The zero-order valence-electron chi connectivity index (χ0n) is 11.2. The zero-order chi connectivity index (χ0) is 14.7. The molecule has 0 saturated heterocycles. The Morgan fingerprint density at radius 2 is 2.15 bits per heavy atom. The monoisotopic (exact) mass is 274 g/mol. The minimum Gasteiger partial charge on any atom is -0.505 e. The number of carbonyl (C=O) groups excluding carboxylic acids is 1. The lowest BCUT2D eigenvalue weighted by atomic mass is 10.1. The fourth-order valence-electron chi connectivity index (χ4n) is 1.80. The van der Waals surface area contributed by atoms with Crippen LogP contribution in [0.3, 0.4) is 0 Å². The summed E-state index contributed by atoms with van der Waals surface area (Å²) in [5.41, 5.74) is 1.15. The van der Waals surface area contributed by atoms with Crippen molar-refractivity contribution in [3.63, 3.8) is 0 Å². The molecule has 0 fully saturated rings. The smallest absolute Gasteiger partial charge is 0.274 e. The van der Waals surface area contributed by atoms with Crippen molar-refractivity contribution in [2.45, 2.75) is 19.9 Å². The number of amides is 1. The van der Waals surface area contributed by atoms with Crippen molar-refractivity contribution < 1.29 is 14.3 Å². The van der Waals surface area contributed by atoms with Gasteiger partial charge in [-0.25, -0.2) is 9.37 Å². The van der Waals surface area contributed by atoms with E-state index in [9.17, 15) is 14.3 Å². The molecule has 0 saturated carbocycles. The predicted molar refractivity (Wildman–Crippen MR) is 72.9 cm³/mol. The number of rotatable bonds is 3. The van der Waals surface area contributed by atoms with E-state index in [0.717, 1.165) is 0 Å². The standard InChI is InChI=1S/C15H15FN2O2/c1-9-5-6-11(8-12(9)16)10(2)18-15(20)14-13(19)4-3-7-17-14/h3-8,10,19H,1-2H3,(H,18,20). The van der Waals surface area contributed by atoms with Gasteiger partial charge in [-0.3, -0.25) is 4.79 Å². The first-order valence-electron chi connectivity index (χ1n) is 6.20. The lowest BCUT2D eigenvalue weighted by Gasteiger charge is -2.15. The number of carbonyl (C=O) groups is 1. The molecule has 2 rings (SSSR count). The van der Waals surface area contributed by atoms with Crippen LogP contribution in [0.2, 0.25) is 0 Å². The van der Waals surface area contributed by atoms with E-state index in [1.807, 2.05) is 0 Å². The van der Waals surface area contributed by atoms with Crippen molar-refractivity contribution in [2.75, 3.05) is 0 Å². The number of nitrogens with zero attached hydrogens (tertiary/aromatic N) is 1. The van der Waals surface area contributed by atoms with Gasteiger partial charge in [0.2, 0.25) is 0 Å². The van der Waals surface area contributed by atoms with Crippen LogP contribution in [0.5, 0.6) is 5.75 Å². The number of benzene rings is 1. The maximum absolute atomic E-state index is 13.5. The van der Waals surface area contributed by atoms with Gasteiger partial charge in [-0.2, -0.15) is 0 Å². The lowest BCUT2D eigenvalue weighted by molar-refractivity contribution is 0.0932. The molecule has 0 radical (unpaired) electrons. The summed E-state index contributed by atoms with van der Waals surface area (Å²) < 4.78 is 13.5. The summed E-state index contributed by atoms with van der Waals surface area (Å²) in [6, 6.07) is 7.33. The van der Waals surface area contributed by atoms with Crippen molar-refractivity contribution in [1.82, 2.24) is 10.3 Å². The van der Waals surface area contributed by atoms with Gasteiger partial charge in [0.1, 0.15) is 11.6 Å². The second-order valence-corrected chi connectivity index (χ2v) is 4.57. The number of hydrogen-bond donors (Lipinski definition) is 2. The third kappa shape index (κ3) is 2.93. The van der Waals surface area contributed by atoms with Gasteiger partial charge >= 0.3 is 0 Å². The van der Waals surface area contributed by atoms with Crippen LogP contribution < -0.4 is 5.32 Å². The minimum absolute atomic E-state index is 0.0491. The molecular formula is C15H15FN2O2. The highest BCUT2D eigenvalue weighted by molar-refractivity contribution is 5.94. The van der Waals surface area contributed by atoms with Gasteiger partial charge in [-0.1, -0.05) is 12.1 Å². The van der Waals surface area contributed by atoms with E-state index in [1.165, 1.54) is 24.4 Å². The van der Waals surface area contributed by atoms with Crippen molar-refractivity contribution >= 4 is 5.91 Å². The molecule has 20 heavy (non-hydrogen) atoms. The van der Waals surface area contributed by atoms with Gasteiger partial charge in [0, 0.05) is 6.20 Å². The maximum Gasteiger partial charge on any atom is 0.274 e. The van der Waals surface area contributed by atoms with Crippen molar-refractivity contribution in [3.8, 4) is 5.75 Å². The first kappa shape index (κ1) is 14.0. The van der Waals surface area contributed by atoms with Crippen LogP contribution >= 0.6 is 0 Å². The highest BCUT2D eigenvalue weighted by atomic mass is 19.1. The quantitative estimate of drug-likeness (QED) is 0.904. The van der Waals surface area contributed by atoms with Gasteiger partial charge in [-0.05, 0) is 43.2 Å². The number of aryl methyl sites for hydroxylation is 1. The van der Waals surface area contributed by atoms with Gasteiger partial charge < -0.3 is 10.4 Å². The number of aromatic hydroxyl groups is 1. The number of halogens is 1. The Morgan fingerprint density at radius 1 is 1.40 bits per heavy atom. The van der Waals surface area contributed by atoms with E-state index in [0.29, 0.717) is 11.1 Å². The Balaban J connectivity index is 2.15. The fraction of sp³-hybridized carbons (Fsp3) is 0.200. The molecule has 0 aliphatic rings. The predicted octanol–water partition coefficient (Wildman–Crippen LogP) is 2.73. The summed E-state index contributed by atoms with van der Waals surface area (Å²) in [5, 5.41) is 12.2. The van der Waals surface area contributed by atoms with E-state index in [2.05, 4.69) is 10.3 Å². The van der Waals surface area contributed by atoms with Gasteiger partial charge in [0.15, 0.2) is 5.69 Å². The molecule has 5 heteroatoms. The topological polar surface area (TPSA) is 62.2 Å². The number of pyridine rings is 1. The van der Waals surface area contributed by atoms with Crippen LogP contribution in [0.1, 0.15) is 34.6 Å². The average Bonchev–Trinajstić information content (AvgIpc) is 2.42. The molecule has 0 aliphatic carbocycles. The molecule has 2 N–H and O–H groups in total. The van der Waals surface area contributed by atoms with Crippen LogP contribution in [0, 0.1) is 12.7 Å². The number of hydrogen-bond acceptors (Lipinski definition) is 3. The van der Waals surface area contributed by atoms with Crippen molar-refractivity contribution in [2.24, 2.45) is 0 Å². The minimum atomic E-state index is -0.503. The van der Waals surface area contributed by atoms with E-state index < -0.39 is 5.91 Å². The zero-order valence-corrected chi connectivity index (χ0v) is 11.2. The number of aromatic nitrogens is 1. The highest BCUT2D eigenvalue weighted by Crippen LogP contribution is 2.18. The summed E-state index contributed by atoms with van der Waals surface area (Å²) in [4.78, 5) is 15.8. The van der Waals surface area contributed by atoms with E-state index in [1.54, 1.807) is 26.0 Å². The molecule has 0 bridgehead atoms. The van der Waals surface area contributed by atoms with Crippen molar-refractivity contribution in [3.05, 3.63) is 59.2 Å². The SMILES string of the molecule is Cc1ccc(C(C)NC(=O)c2ncccc2O)cc1F. The third-order valence-electron chi connectivity index (χ3n) is 3.04. The second-order valence-electron chi connectivity index (χ2n) is 4.57. The number of nitrogens with one attached hydrogen (secondary N) is 1. The molecule has 1 aromatic carbocycles. The van der Waals surface area contributed by atoms with Gasteiger partial charge in [0.25, 0.3) is 5.91 Å². The summed E-state index contributed by atoms with van der Waals surface area (Å²) in [7, 11) is 0. The van der Waals surface area contributed by atoms with Crippen LogP contribution in [-0.2, 0) is 0 Å². The Labute approximate surface area is 116 Å². The van der Waals surface area contributed by atoms with Crippen LogP contribution in [0.4, 0.5) is 4.39 Å². The molecule has 1 heterocycles. The second kappa shape index (κ2) is 5.69. The maximum atomic E-state index is 13.5. The first-order valence-corrected chi connectivity index (χ1v) is 6.20. The summed E-state index contributed by atoms with van der Waals surface area (Å²) >= 11 is 0. The highest BCUT2D eigenvalue weighted by Gasteiger charge is 2.16. The Morgan fingerprint density at radius 3 is 2.80 bits per heavy atom. The molecule has 1 atom stereocenters. The van der Waals surface area contributed by atoms with Crippen molar-refractivity contribution in [1.29, 1.82) is 0 Å². The largest absolute Gasteiger partial charge is 0.505 e. The molecule has 1 unspecified atom stereocenters. The molecule has 1 amide bonds. The van der Waals surface area contributed by atoms with Crippen LogP contribution in [0.15, 0.2) is 36.5 Å². The van der Waals surface area contributed by atoms with E-state index in [-0.39, 0.29) is 23.3 Å². The summed E-state index contributed by atoms with van der Waals surface area (Å²) in [5.74, 6) is -1.01. The third-order valence-corrected chi connectivity index (χ3v) is 3.04. The molecule has 0 spiro atoms. The molecule has 0 aliphatic heterocycles. The Hall–Kier alpha value is -2.43. The molecule has 4 nitrogen and oxygen atoms in total.